The highest BCUT2D eigenvalue weighted by Gasteiger charge is 2.42. The van der Waals surface area contributed by atoms with Crippen molar-refractivity contribution in [3.8, 4) is 0 Å². The fourth-order valence-corrected chi connectivity index (χ4v) is 3.14. The van der Waals surface area contributed by atoms with Gasteiger partial charge >= 0.3 is 0 Å². The van der Waals surface area contributed by atoms with Crippen LogP contribution >= 0.6 is 0 Å². The number of rotatable bonds is 4. The molecule has 2 fully saturated rings. The standard InChI is InChI=1S/C16H25N3O4/c1-10-12(11(2)23-18-10)6-19-5-4-13(14(20)7-19)17-15(21)16(3)8-22-9-16/h13-14,20H,4-9H2,1-3H3,(H,17,21)/t13-,14-/m1/s1. The molecule has 2 atom stereocenters. The van der Waals surface area contributed by atoms with E-state index < -0.39 is 11.5 Å². The third kappa shape index (κ3) is 3.27. The molecule has 0 aromatic carbocycles. The van der Waals surface area contributed by atoms with Crippen molar-refractivity contribution in [2.45, 2.75) is 45.9 Å². The fraction of sp³-hybridized carbons (Fsp3) is 0.750. The maximum atomic E-state index is 12.3. The van der Waals surface area contributed by atoms with Gasteiger partial charge in [-0.3, -0.25) is 9.69 Å². The highest BCUT2D eigenvalue weighted by Crippen LogP contribution is 2.27. The van der Waals surface area contributed by atoms with Crippen LogP contribution in [0.1, 0.15) is 30.4 Å². The molecule has 2 aliphatic heterocycles. The summed E-state index contributed by atoms with van der Waals surface area (Å²) in [5.41, 5.74) is 1.54. The molecular weight excluding hydrogens is 298 g/mol. The molecule has 128 valence electrons. The van der Waals surface area contributed by atoms with E-state index in [4.69, 9.17) is 9.26 Å². The zero-order chi connectivity index (χ0) is 16.6. The maximum Gasteiger partial charge on any atom is 0.230 e. The molecule has 1 aromatic heterocycles. The molecule has 2 N–H and O–H groups in total. The number of carbonyl (C=O) groups excluding carboxylic acids is 1. The number of likely N-dealkylation sites (tertiary alicyclic amines) is 1. The van der Waals surface area contributed by atoms with Crippen LogP contribution in [0.2, 0.25) is 0 Å². The Kier molecular flexibility index (Phi) is 4.44. The lowest BCUT2D eigenvalue weighted by atomic mass is 9.86. The van der Waals surface area contributed by atoms with Gasteiger partial charge in [0.15, 0.2) is 0 Å². The molecule has 2 saturated heterocycles. The predicted octanol–water partition coefficient (Wildman–Crippen LogP) is 0.379. The monoisotopic (exact) mass is 323 g/mol. The second kappa shape index (κ2) is 6.22. The quantitative estimate of drug-likeness (QED) is 0.833. The van der Waals surface area contributed by atoms with Crippen LogP contribution in [0.3, 0.4) is 0 Å². The predicted molar refractivity (Wildman–Crippen MR) is 82.7 cm³/mol. The van der Waals surface area contributed by atoms with Gasteiger partial charge < -0.3 is 19.7 Å². The van der Waals surface area contributed by atoms with Crippen LogP contribution < -0.4 is 5.32 Å². The summed E-state index contributed by atoms with van der Waals surface area (Å²) >= 11 is 0. The third-order valence-corrected chi connectivity index (χ3v) is 4.93. The number of nitrogens with one attached hydrogen (secondary N) is 1. The summed E-state index contributed by atoms with van der Waals surface area (Å²) < 4.78 is 10.3. The maximum absolute atomic E-state index is 12.3. The van der Waals surface area contributed by atoms with E-state index in [1.807, 2.05) is 20.8 Å². The van der Waals surface area contributed by atoms with Crippen molar-refractivity contribution in [2.75, 3.05) is 26.3 Å². The van der Waals surface area contributed by atoms with Gasteiger partial charge in [0.2, 0.25) is 5.91 Å². The number of nitrogens with zero attached hydrogens (tertiary/aromatic N) is 2. The number of aryl methyl sites for hydroxylation is 2. The Morgan fingerprint density at radius 1 is 1.48 bits per heavy atom. The smallest absolute Gasteiger partial charge is 0.230 e. The number of hydrogen-bond donors (Lipinski definition) is 2. The Balaban J connectivity index is 1.54. The van der Waals surface area contributed by atoms with E-state index in [1.54, 1.807) is 0 Å². The zero-order valence-electron chi connectivity index (χ0n) is 14.0. The second-order valence-corrected chi connectivity index (χ2v) is 7.03. The van der Waals surface area contributed by atoms with Gasteiger partial charge in [-0.05, 0) is 27.2 Å². The molecular formula is C16H25N3O4. The SMILES string of the molecule is Cc1noc(C)c1CN1CC[C@@H](NC(=O)C2(C)COC2)[C@H](O)C1. The van der Waals surface area contributed by atoms with Gasteiger partial charge in [0, 0.05) is 25.2 Å². The minimum Gasteiger partial charge on any atom is -0.390 e. The number of hydrogen-bond acceptors (Lipinski definition) is 6. The topological polar surface area (TPSA) is 87.8 Å². The van der Waals surface area contributed by atoms with Crippen molar-refractivity contribution in [2.24, 2.45) is 5.41 Å². The van der Waals surface area contributed by atoms with E-state index in [2.05, 4.69) is 15.4 Å². The average molecular weight is 323 g/mol. The van der Waals surface area contributed by atoms with Crippen molar-refractivity contribution in [1.82, 2.24) is 15.4 Å². The zero-order valence-corrected chi connectivity index (χ0v) is 14.0. The first-order valence-electron chi connectivity index (χ1n) is 8.10. The molecule has 0 saturated carbocycles. The molecule has 1 amide bonds. The molecule has 3 heterocycles. The first-order chi connectivity index (χ1) is 10.9. The lowest BCUT2D eigenvalue weighted by Crippen LogP contribution is -2.59. The van der Waals surface area contributed by atoms with Gasteiger partial charge in [0.25, 0.3) is 0 Å². The molecule has 0 radical (unpaired) electrons. The highest BCUT2D eigenvalue weighted by atomic mass is 16.5. The molecule has 23 heavy (non-hydrogen) atoms. The lowest BCUT2D eigenvalue weighted by Gasteiger charge is -2.40. The third-order valence-electron chi connectivity index (χ3n) is 4.93. The van der Waals surface area contributed by atoms with Crippen molar-refractivity contribution >= 4 is 5.91 Å². The molecule has 1 aromatic rings. The van der Waals surface area contributed by atoms with Crippen molar-refractivity contribution in [1.29, 1.82) is 0 Å². The van der Waals surface area contributed by atoms with Gasteiger partial charge in [-0.1, -0.05) is 5.16 Å². The fourth-order valence-electron chi connectivity index (χ4n) is 3.14. The number of aliphatic hydroxyl groups excluding tert-OH is 1. The van der Waals surface area contributed by atoms with E-state index in [9.17, 15) is 9.90 Å². The Hall–Kier alpha value is -1.44. The summed E-state index contributed by atoms with van der Waals surface area (Å²) in [6.45, 7) is 8.70. The van der Waals surface area contributed by atoms with Crippen LogP contribution in [0.4, 0.5) is 0 Å². The molecule has 7 nitrogen and oxygen atoms in total. The molecule has 2 aliphatic rings. The van der Waals surface area contributed by atoms with Gasteiger partial charge in [0.05, 0.1) is 36.5 Å². The second-order valence-electron chi connectivity index (χ2n) is 7.03. The van der Waals surface area contributed by atoms with Crippen LogP contribution in [0.15, 0.2) is 4.52 Å². The number of piperidine rings is 1. The normalized spacial score (nSPS) is 27.5. The Labute approximate surface area is 136 Å². The summed E-state index contributed by atoms with van der Waals surface area (Å²) in [4.78, 5) is 14.4. The summed E-state index contributed by atoms with van der Waals surface area (Å²) in [6, 6.07) is -0.194. The van der Waals surface area contributed by atoms with Crippen LogP contribution in [0.25, 0.3) is 0 Å². The molecule has 7 heteroatoms. The highest BCUT2D eigenvalue weighted by molar-refractivity contribution is 5.83. The van der Waals surface area contributed by atoms with Crippen molar-refractivity contribution < 1.29 is 19.2 Å². The van der Waals surface area contributed by atoms with E-state index in [0.29, 0.717) is 26.3 Å². The Morgan fingerprint density at radius 2 is 2.22 bits per heavy atom. The summed E-state index contributed by atoms with van der Waals surface area (Å²) in [5.74, 6) is 0.803. The number of amides is 1. The van der Waals surface area contributed by atoms with Crippen LogP contribution in [0.5, 0.6) is 0 Å². The van der Waals surface area contributed by atoms with Gasteiger partial charge in [-0.25, -0.2) is 0 Å². The number of aromatic nitrogens is 1. The van der Waals surface area contributed by atoms with Gasteiger partial charge in [-0.15, -0.1) is 0 Å². The Morgan fingerprint density at radius 3 is 2.74 bits per heavy atom. The van der Waals surface area contributed by atoms with E-state index in [-0.39, 0.29) is 11.9 Å². The van der Waals surface area contributed by atoms with E-state index in [0.717, 1.165) is 30.0 Å². The average Bonchev–Trinajstić information content (AvgIpc) is 2.79. The van der Waals surface area contributed by atoms with Gasteiger partial charge in [-0.2, -0.15) is 0 Å². The molecule has 0 unspecified atom stereocenters. The number of carbonyl (C=O) groups is 1. The first kappa shape index (κ1) is 16.4. The number of aliphatic hydroxyl groups is 1. The molecule has 0 bridgehead atoms. The minimum atomic E-state index is -0.572. The minimum absolute atomic E-state index is 0.0213. The van der Waals surface area contributed by atoms with E-state index in [1.165, 1.54) is 0 Å². The number of β-amino-alcohol motifs (C(OH)–C–C–N with tert-alkyl or cyclic N) is 1. The lowest BCUT2D eigenvalue weighted by molar-refractivity contribution is -0.159. The first-order valence-corrected chi connectivity index (χ1v) is 8.10. The van der Waals surface area contributed by atoms with Crippen molar-refractivity contribution in [3.05, 3.63) is 17.0 Å². The summed E-state index contributed by atoms with van der Waals surface area (Å²) in [6.07, 6.45) is 0.158. The summed E-state index contributed by atoms with van der Waals surface area (Å²) in [7, 11) is 0. The van der Waals surface area contributed by atoms with Crippen molar-refractivity contribution in [3.63, 3.8) is 0 Å². The van der Waals surface area contributed by atoms with Crippen LogP contribution in [-0.2, 0) is 16.1 Å². The number of ether oxygens (including phenoxy) is 1. The Bertz CT molecular complexity index is 562. The van der Waals surface area contributed by atoms with Crippen LogP contribution in [-0.4, -0.2) is 59.5 Å². The van der Waals surface area contributed by atoms with E-state index >= 15 is 0 Å². The molecule has 0 spiro atoms. The largest absolute Gasteiger partial charge is 0.390 e. The summed E-state index contributed by atoms with van der Waals surface area (Å²) in [5, 5.41) is 17.3. The van der Waals surface area contributed by atoms with Gasteiger partial charge in [0.1, 0.15) is 5.76 Å². The molecule has 3 rings (SSSR count). The van der Waals surface area contributed by atoms with Crippen LogP contribution in [0, 0.1) is 19.3 Å². The molecule has 0 aliphatic carbocycles.